The molecule has 2 amide bonds. The molecular formula is C12H20N2O4S. The highest BCUT2D eigenvalue weighted by Crippen LogP contribution is 2.29. The molecule has 0 radical (unpaired) electrons. The predicted molar refractivity (Wildman–Crippen MR) is 72.1 cm³/mol. The van der Waals surface area contributed by atoms with Crippen LogP contribution in [0.2, 0.25) is 0 Å². The summed E-state index contributed by atoms with van der Waals surface area (Å²) in [6, 6.07) is -1.01. The number of ether oxygens (including phenoxy) is 1. The van der Waals surface area contributed by atoms with Crippen LogP contribution < -0.4 is 5.32 Å². The maximum Gasteiger partial charge on any atom is 0.327 e. The van der Waals surface area contributed by atoms with Crippen molar-refractivity contribution >= 4 is 23.8 Å². The van der Waals surface area contributed by atoms with Gasteiger partial charge in [0.05, 0.1) is 11.5 Å². The van der Waals surface area contributed by atoms with Gasteiger partial charge in [-0.3, -0.25) is 4.90 Å². The van der Waals surface area contributed by atoms with E-state index in [1.807, 2.05) is 13.8 Å². The minimum Gasteiger partial charge on any atom is -0.480 e. The van der Waals surface area contributed by atoms with Crippen molar-refractivity contribution in [1.29, 1.82) is 0 Å². The van der Waals surface area contributed by atoms with Gasteiger partial charge in [0.1, 0.15) is 6.04 Å². The fourth-order valence-electron chi connectivity index (χ4n) is 2.50. The molecule has 4 unspecified atom stereocenters. The first kappa shape index (κ1) is 14.5. The molecular weight excluding hydrogens is 268 g/mol. The average molecular weight is 288 g/mol. The van der Waals surface area contributed by atoms with E-state index in [-0.39, 0.29) is 17.5 Å². The summed E-state index contributed by atoms with van der Waals surface area (Å²) in [7, 11) is 0. The van der Waals surface area contributed by atoms with Crippen molar-refractivity contribution in [3.8, 4) is 0 Å². The van der Waals surface area contributed by atoms with E-state index in [0.29, 0.717) is 18.2 Å². The van der Waals surface area contributed by atoms with Gasteiger partial charge in [0.15, 0.2) is 0 Å². The van der Waals surface area contributed by atoms with Gasteiger partial charge in [-0.05, 0) is 20.3 Å². The van der Waals surface area contributed by atoms with Crippen LogP contribution in [0.5, 0.6) is 0 Å². The Hall–Kier alpha value is -0.950. The van der Waals surface area contributed by atoms with Gasteiger partial charge in [-0.15, -0.1) is 11.8 Å². The highest BCUT2D eigenvalue weighted by Gasteiger charge is 2.39. The second-order valence-corrected chi connectivity index (χ2v) is 6.35. The molecule has 0 aromatic rings. The lowest BCUT2D eigenvalue weighted by Gasteiger charge is -2.26. The topological polar surface area (TPSA) is 78.9 Å². The Morgan fingerprint density at radius 1 is 1.47 bits per heavy atom. The first-order valence-corrected chi connectivity index (χ1v) is 7.57. The molecule has 2 aliphatic heterocycles. The number of hydrogen-bond donors (Lipinski definition) is 2. The monoisotopic (exact) mass is 288 g/mol. The van der Waals surface area contributed by atoms with Crippen molar-refractivity contribution in [1.82, 2.24) is 10.2 Å². The molecule has 2 N–H and O–H groups in total. The average Bonchev–Trinajstić information content (AvgIpc) is 2.92. The minimum absolute atomic E-state index is 0.0987. The zero-order chi connectivity index (χ0) is 14.0. The van der Waals surface area contributed by atoms with E-state index in [0.717, 1.165) is 13.0 Å². The zero-order valence-corrected chi connectivity index (χ0v) is 12.0. The van der Waals surface area contributed by atoms with Crippen molar-refractivity contribution in [3.63, 3.8) is 0 Å². The van der Waals surface area contributed by atoms with Gasteiger partial charge in [-0.2, -0.15) is 0 Å². The third kappa shape index (κ3) is 3.14. The number of aliphatic carboxylic acids is 1. The minimum atomic E-state index is -0.940. The largest absolute Gasteiger partial charge is 0.480 e. The SMILES string of the molecule is CC1OCCC1CNC(=O)N1C(C)SCC1C(=O)O. The Labute approximate surface area is 116 Å². The van der Waals surface area contributed by atoms with Crippen LogP contribution in [0.4, 0.5) is 4.79 Å². The number of urea groups is 1. The third-order valence-corrected chi connectivity index (χ3v) is 5.01. The van der Waals surface area contributed by atoms with Crippen LogP contribution >= 0.6 is 11.8 Å². The number of hydrogen-bond acceptors (Lipinski definition) is 4. The molecule has 2 fully saturated rings. The summed E-state index contributed by atoms with van der Waals surface area (Å²) in [5, 5.41) is 11.9. The van der Waals surface area contributed by atoms with Crippen molar-refractivity contribution in [2.75, 3.05) is 18.9 Å². The van der Waals surface area contributed by atoms with Crippen LogP contribution in [0.1, 0.15) is 20.3 Å². The van der Waals surface area contributed by atoms with Gasteiger partial charge in [0.2, 0.25) is 0 Å². The molecule has 0 aromatic heterocycles. The maximum atomic E-state index is 12.1. The number of carboxylic acids is 1. The van der Waals surface area contributed by atoms with Crippen molar-refractivity contribution < 1.29 is 19.4 Å². The molecule has 0 spiro atoms. The van der Waals surface area contributed by atoms with Crippen LogP contribution in [0, 0.1) is 5.92 Å². The van der Waals surface area contributed by atoms with Crippen LogP contribution in [-0.4, -0.2) is 58.4 Å². The number of rotatable bonds is 3. The Kier molecular flexibility index (Phi) is 4.57. The number of carbonyl (C=O) groups excluding carboxylic acids is 1. The van der Waals surface area contributed by atoms with E-state index in [2.05, 4.69) is 5.32 Å². The number of nitrogens with zero attached hydrogens (tertiary/aromatic N) is 1. The fraction of sp³-hybridized carbons (Fsp3) is 0.833. The van der Waals surface area contributed by atoms with Gasteiger partial charge >= 0.3 is 12.0 Å². The summed E-state index contributed by atoms with van der Waals surface area (Å²) in [6.07, 6.45) is 1.09. The summed E-state index contributed by atoms with van der Waals surface area (Å²) in [5.74, 6) is -0.172. The summed E-state index contributed by atoms with van der Waals surface area (Å²) in [5.41, 5.74) is 0. The molecule has 2 rings (SSSR count). The normalized spacial score (nSPS) is 34.5. The second-order valence-electron chi connectivity index (χ2n) is 5.00. The Morgan fingerprint density at radius 2 is 2.21 bits per heavy atom. The van der Waals surface area contributed by atoms with Crippen LogP contribution in [0.3, 0.4) is 0 Å². The molecule has 19 heavy (non-hydrogen) atoms. The number of nitrogens with one attached hydrogen (secondary N) is 1. The lowest BCUT2D eigenvalue weighted by atomic mass is 10.0. The summed E-state index contributed by atoms with van der Waals surface area (Å²) < 4.78 is 5.44. The zero-order valence-electron chi connectivity index (χ0n) is 11.2. The summed E-state index contributed by atoms with van der Waals surface area (Å²) >= 11 is 1.49. The predicted octanol–water partition coefficient (Wildman–Crippen LogP) is 0.969. The fourth-order valence-corrected chi connectivity index (χ4v) is 3.66. The molecule has 2 aliphatic rings. The van der Waals surface area contributed by atoms with Crippen LogP contribution in [-0.2, 0) is 9.53 Å². The van der Waals surface area contributed by atoms with E-state index in [1.54, 1.807) is 0 Å². The highest BCUT2D eigenvalue weighted by atomic mass is 32.2. The molecule has 0 aliphatic carbocycles. The molecule has 6 nitrogen and oxygen atoms in total. The quantitative estimate of drug-likeness (QED) is 0.809. The molecule has 0 aromatic carbocycles. The standard InChI is InChI=1S/C12H20N2O4S/c1-7-9(3-4-18-7)5-13-12(17)14-8(2)19-6-10(14)11(15)16/h7-10H,3-6H2,1-2H3,(H,13,17)(H,15,16). The van der Waals surface area contributed by atoms with Gasteiger partial charge in [0, 0.05) is 24.8 Å². The van der Waals surface area contributed by atoms with E-state index in [1.165, 1.54) is 16.7 Å². The molecule has 7 heteroatoms. The van der Waals surface area contributed by atoms with Gasteiger partial charge in [0.25, 0.3) is 0 Å². The number of carboxylic acid groups (broad SMARTS) is 1. The van der Waals surface area contributed by atoms with Crippen molar-refractivity contribution in [2.45, 2.75) is 37.8 Å². The maximum absolute atomic E-state index is 12.1. The number of amides is 2. The van der Waals surface area contributed by atoms with Crippen LogP contribution in [0.25, 0.3) is 0 Å². The van der Waals surface area contributed by atoms with Gasteiger partial charge in [-0.1, -0.05) is 0 Å². The molecule has 0 bridgehead atoms. The van der Waals surface area contributed by atoms with Gasteiger partial charge < -0.3 is 15.2 Å². The van der Waals surface area contributed by atoms with E-state index in [4.69, 9.17) is 9.84 Å². The molecule has 2 saturated heterocycles. The van der Waals surface area contributed by atoms with Crippen molar-refractivity contribution in [2.24, 2.45) is 5.92 Å². The smallest absolute Gasteiger partial charge is 0.327 e. The molecule has 2 heterocycles. The number of carbonyl (C=O) groups is 2. The van der Waals surface area contributed by atoms with Crippen molar-refractivity contribution in [3.05, 3.63) is 0 Å². The van der Waals surface area contributed by atoms with E-state index >= 15 is 0 Å². The summed E-state index contributed by atoms with van der Waals surface area (Å²) in [6.45, 7) is 5.13. The van der Waals surface area contributed by atoms with E-state index < -0.39 is 12.0 Å². The number of thioether (sulfide) groups is 1. The molecule has 4 atom stereocenters. The Morgan fingerprint density at radius 3 is 2.79 bits per heavy atom. The molecule has 0 saturated carbocycles. The highest BCUT2D eigenvalue weighted by molar-refractivity contribution is 8.00. The van der Waals surface area contributed by atoms with Gasteiger partial charge in [-0.25, -0.2) is 9.59 Å². The lowest BCUT2D eigenvalue weighted by Crippen LogP contribution is -2.50. The first-order chi connectivity index (χ1) is 9.00. The van der Waals surface area contributed by atoms with Crippen LogP contribution in [0.15, 0.2) is 0 Å². The molecule has 108 valence electrons. The third-order valence-electron chi connectivity index (χ3n) is 3.79. The summed E-state index contributed by atoms with van der Waals surface area (Å²) in [4.78, 5) is 24.7. The van der Waals surface area contributed by atoms with E-state index in [9.17, 15) is 9.59 Å². The second kappa shape index (κ2) is 6.00. The Bertz CT molecular complexity index is 366. The lowest BCUT2D eigenvalue weighted by molar-refractivity contribution is -0.141. The first-order valence-electron chi connectivity index (χ1n) is 6.53. The Balaban J connectivity index is 1.89.